The van der Waals surface area contributed by atoms with E-state index >= 15 is 4.39 Å². The highest BCUT2D eigenvalue weighted by atomic mass is 35.5. The van der Waals surface area contributed by atoms with E-state index in [0.29, 0.717) is 40.3 Å². The summed E-state index contributed by atoms with van der Waals surface area (Å²) in [6.45, 7) is 12.4. The Morgan fingerprint density at radius 2 is 2.13 bits per heavy atom. The van der Waals surface area contributed by atoms with Crippen molar-refractivity contribution in [3.8, 4) is 23.2 Å². The fraction of sp³-hybridized carbons (Fsp3) is 0.394. The number of anilines is 1. The molecule has 9 nitrogen and oxygen atoms in total. The molecule has 1 amide bonds. The molecule has 2 saturated heterocycles. The maximum atomic E-state index is 15.3. The molecule has 0 saturated carbocycles. The molecule has 0 unspecified atom stereocenters. The van der Waals surface area contributed by atoms with Crippen LogP contribution in [0.15, 0.2) is 30.5 Å². The van der Waals surface area contributed by atoms with Gasteiger partial charge in [0.05, 0.1) is 39.6 Å². The number of rotatable bonds is 5. The van der Waals surface area contributed by atoms with Crippen LogP contribution >= 0.6 is 22.9 Å². The summed E-state index contributed by atoms with van der Waals surface area (Å²) in [5.74, 6) is -0.523. The van der Waals surface area contributed by atoms with Crippen LogP contribution in [0.1, 0.15) is 56.7 Å². The Bertz CT molecular complexity index is 1970. The van der Waals surface area contributed by atoms with Gasteiger partial charge in [0.25, 0.3) is 0 Å². The number of nitrogens with zero attached hydrogens (tertiary/aromatic N) is 4. The van der Waals surface area contributed by atoms with E-state index < -0.39 is 17.5 Å². The average molecular weight is 648 g/mol. The zero-order chi connectivity index (χ0) is 31.7. The lowest BCUT2D eigenvalue weighted by molar-refractivity contribution is 0.0636. The molecule has 1 N–H and O–H groups in total. The Kier molecular flexibility index (Phi) is 7.24. The Morgan fingerprint density at radius 3 is 2.91 bits per heavy atom. The molecule has 2 fully saturated rings. The van der Waals surface area contributed by atoms with Crippen molar-refractivity contribution in [1.82, 2.24) is 14.9 Å². The molecule has 45 heavy (non-hydrogen) atoms. The lowest BCUT2D eigenvalue weighted by Crippen LogP contribution is -2.43. The van der Waals surface area contributed by atoms with E-state index in [1.807, 2.05) is 0 Å². The van der Waals surface area contributed by atoms with Gasteiger partial charge in [-0.15, -0.1) is 11.3 Å². The molecule has 3 aliphatic heterocycles. The Labute approximate surface area is 268 Å². The lowest BCUT2D eigenvalue weighted by Gasteiger charge is -2.30. The molecule has 4 aromatic rings. The molecular weight excluding hydrogens is 617 g/mol. The number of nitriles is 1. The van der Waals surface area contributed by atoms with Crippen molar-refractivity contribution < 1.29 is 23.4 Å². The van der Waals surface area contributed by atoms with Gasteiger partial charge in [0.2, 0.25) is 0 Å². The van der Waals surface area contributed by atoms with E-state index in [0.717, 1.165) is 60.2 Å². The van der Waals surface area contributed by atoms with Gasteiger partial charge in [-0.2, -0.15) is 10.2 Å². The van der Waals surface area contributed by atoms with Crippen LogP contribution in [-0.4, -0.2) is 51.8 Å². The molecule has 2 aromatic carbocycles. The molecule has 232 valence electrons. The van der Waals surface area contributed by atoms with E-state index in [-0.39, 0.29) is 33.4 Å². The highest BCUT2D eigenvalue weighted by Gasteiger charge is 2.46. The van der Waals surface area contributed by atoms with E-state index in [1.165, 1.54) is 11.6 Å². The van der Waals surface area contributed by atoms with Gasteiger partial charge in [-0.1, -0.05) is 29.8 Å². The molecule has 2 aromatic heterocycles. The summed E-state index contributed by atoms with van der Waals surface area (Å²) in [6, 6.07) is 5.33. The molecule has 7 rings (SSSR count). The maximum Gasteiger partial charge on any atom is 0.412 e. The third-order valence-electron chi connectivity index (χ3n) is 8.67. The number of benzene rings is 2. The smallest absolute Gasteiger partial charge is 0.412 e. The predicted octanol–water partition coefficient (Wildman–Crippen LogP) is 7.73. The fourth-order valence-electron chi connectivity index (χ4n) is 6.86. The SMILES string of the molecule is C=C1CN2CCC[C@@]2(COc2ncc3c4c(c(-c5ccc(F)c6sc(NC(=O)OC(C)(C)C)c(C#N)c56)c(Cl)c3n2)COC4)C1. The van der Waals surface area contributed by atoms with Gasteiger partial charge in [-0.25, -0.2) is 14.2 Å². The number of thiophene rings is 1. The Morgan fingerprint density at radius 1 is 1.33 bits per heavy atom. The summed E-state index contributed by atoms with van der Waals surface area (Å²) in [5.41, 5.74) is 3.79. The molecule has 0 aliphatic carbocycles. The van der Waals surface area contributed by atoms with Crippen LogP contribution in [0.25, 0.3) is 32.1 Å². The second kappa shape index (κ2) is 10.9. The van der Waals surface area contributed by atoms with Crippen molar-refractivity contribution >= 4 is 55.0 Å². The third-order valence-corrected chi connectivity index (χ3v) is 10.2. The quantitative estimate of drug-likeness (QED) is 0.219. The Balaban J connectivity index is 1.33. The highest BCUT2D eigenvalue weighted by molar-refractivity contribution is 7.23. The van der Waals surface area contributed by atoms with Gasteiger partial charge >= 0.3 is 12.1 Å². The summed E-state index contributed by atoms with van der Waals surface area (Å²) in [7, 11) is 0. The van der Waals surface area contributed by atoms with Crippen LogP contribution < -0.4 is 10.1 Å². The van der Waals surface area contributed by atoms with Crippen molar-refractivity contribution in [2.45, 2.75) is 64.4 Å². The minimum atomic E-state index is -0.755. The van der Waals surface area contributed by atoms with E-state index in [9.17, 15) is 10.1 Å². The minimum Gasteiger partial charge on any atom is -0.461 e. The predicted molar refractivity (Wildman–Crippen MR) is 171 cm³/mol. The van der Waals surface area contributed by atoms with Crippen molar-refractivity contribution in [3.63, 3.8) is 0 Å². The number of nitrogens with one attached hydrogen (secondary N) is 1. The summed E-state index contributed by atoms with van der Waals surface area (Å²) in [6.07, 6.45) is 4.02. The molecule has 1 atom stereocenters. The van der Waals surface area contributed by atoms with Gasteiger partial charge in [0.1, 0.15) is 29.1 Å². The number of fused-ring (bicyclic) bond motifs is 5. The summed E-state index contributed by atoms with van der Waals surface area (Å²) < 4.78 is 33.0. The van der Waals surface area contributed by atoms with Crippen LogP contribution in [-0.2, 0) is 22.7 Å². The molecule has 0 radical (unpaired) electrons. The van der Waals surface area contributed by atoms with Gasteiger partial charge in [-0.3, -0.25) is 10.2 Å². The number of aromatic nitrogens is 2. The third kappa shape index (κ3) is 5.10. The Hall–Kier alpha value is -3.82. The van der Waals surface area contributed by atoms with Crippen LogP contribution in [0.4, 0.5) is 14.2 Å². The molecule has 3 aliphatic rings. The minimum absolute atomic E-state index is 0.0897. The highest BCUT2D eigenvalue weighted by Crippen LogP contribution is 2.49. The second-order valence-electron chi connectivity index (χ2n) is 12.9. The largest absolute Gasteiger partial charge is 0.461 e. The molecule has 12 heteroatoms. The summed E-state index contributed by atoms with van der Waals surface area (Å²) in [5, 5.41) is 14.5. The molecule has 0 spiro atoms. The number of amides is 1. The monoisotopic (exact) mass is 647 g/mol. The maximum absolute atomic E-state index is 15.3. The van der Waals surface area contributed by atoms with Gasteiger partial charge in [0, 0.05) is 29.1 Å². The molecule has 5 heterocycles. The molecule has 0 bridgehead atoms. The lowest BCUT2D eigenvalue weighted by atomic mass is 9.91. The summed E-state index contributed by atoms with van der Waals surface area (Å²) >= 11 is 8.15. The van der Waals surface area contributed by atoms with E-state index in [4.69, 9.17) is 30.8 Å². The van der Waals surface area contributed by atoms with Gasteiger partial charge < -0.3 is 14.2 Å². The first-order valence-electron chi connectivity index (χ1n) is 14.8. The zero-order valence-corrected chi connectivity index (χ0v) is 26.8. The number of ether oxygens (including phenoxy) is 3. The van der Waals surface area contributed by atoms with Crippen molar-refractivity contribution in [2.24, 2.45) is 0 Å². The fourth-order valence-corrected chi connectivity index (χ4v) is 8.29. The number of carbonyl (C=O) groups excluding carboxylic acids is 1. The first-order chi connectivity index (χ1) is 21.5. The average Bonchev–Trinajstić information content (AvgIpc) is 3.74. The van der Waals surface area contributed by atoms with Crippen LogP contribution in [0.2, 0.25) is 5.02 Å². The van der Waals surface area contributed by atoms with Crippen LogP contribution in [0.3, 0.4) is 0 Å². The van der Waals surface area contributed by atoms with Crippen LogP contribution in [0.5, 0.6) is 6.01 Å². The number of halogens is 2. The van der Waals surface area contributed by atoms with Gasteiger partial charge in [0.15, 0.2) is 0 Å². The van der Waals surface area contributed by atoms with Crippen molar-refractivity contribution in [2.75, 3.05) is 25.0 Å². The van der Waals surface area contributed by atoms with E-state index in [2.05, 4.69) is 27.8 Å². The zero-order valence-electron chi connectivity index (χ0n) is 25.2. The van der Waals surface area contributed by atoms with Crippen molar-refractivity contribution in [1.29, 1.82) is 5.26 Å². The molecular formula is C33H31ClFN5O4S. The normalized spacial score (nSPS) is 19.6. The first kappa shape index (κ1) is 29.9. The van der Waals surface area contributed by atoms with Crippen LogP contribution in [0, 0.1) is 17.1 Å². The standard InChI is InChI=1S/C33H31ClFN5O4S/c1-17-10-33(8-5-9-40(33)13-17)16-43-30-37-12-20-21-14-42-15-22(21)24(26(34)27(20)38-30)18-6-7-23(35)28-25(18)19(11-36)29(45-28)39-31(41)44-32(2,3)4/h6-7,12H,1,5,8-10,13-16H2,2-4H3,(H,39,41)/t33-/m0/s1. The summed E-state index contributed by atoms with van der Waals surface area (Å²) in [4.78, 5) is 24.4. The first-order valence-corrected chi connectivity index (χ1v) is 15.9. The van der Waals surface area contributed by atoms with Crippen molar-refractivity contribution in [3.05, 3.63) is 58.0 Å². The van der Waals surface area contributed by atoms with E-state index in [1.54, 1.807) is 33.0 Å². The number of hydrogen-bond acceptors (Lipinski definition) is 9. The number of hydrogen-bond donors (Lipinski definition) is 1. The van der Waals surface area contributed by atoms with Gasteiger partial charge in [-0.05, 0) is 69.3 Å². The topological polar surface area (TPSA) is 110 Å². The number of carbonyl (C=O) groups is 1. The second-order valence-corrected chi connectivity index (χ2v) is 14.3.